The highest BCUT2D eigenvalue weighted by Gasteiger charge is 2.38. The van der Waals surface area contributed by atoms with Gasteiger partial charge in [0.25, 0.3) is 0 Å². The molecule has 0 aliphatic carbocycles. The minimum atomic E-state index is 0.131. The van der Waals surface area contributed by atoms with Crippen LogP contribution in [0.3, 0.4) is 0 Å². The molecule has 2 fully saturated rings. The van der Waals surface area contributed by atoms with Gasteiger partial charge in [-0.1, -0.05) is 17.3 Å². The molecule has 0 saturated carbocycles. The quantitative estimate of drug-likeness (QED) is 0.903. The Kier molecular flexibility index (Phi) is 4.44. The molecule has 0 amide bonds. The van der Waals surface area contributed by atoms with Crippen LogP contribution in [0.1, 0.15) is 37.1 Å². The van der Waals surface area contributed by atoms with Crippen LogP contribution in [0.5, 0.6) is 5.75 Å². The Morgan fingerprint density at radius 3 is 2.83 bits per heavy atom. The molecule has 4 rings (SSSR count). The third-order valence-corrected chi connectivity index (χ3v) is 4.89. The van der Waals surface area contributed by atoms with Gasteiger partial charge in [0.05, 0.1) is 5.60 Å². The third-order valence-electron chi connectivity index (χ3n) is 4.89. The van der Waals surface area contributed by atoms with Gasteiger partial charge in [-0.3, -0.25) is 4.90 Å². The lowest BCUT2D eigenvalue weighted by atomic mass is 9.90. The summed E-state index contributed by atoms with van der Waals surface area (Å²) in [5.74, 6) is 1.37. The fraction of sp³-hybridized carbons (Fsp3) is 0.588. The fourth-order valence-electron chi connectivity index (χ4n) is 3.74. The summed E-state index contributed by atoms with van der Waals surface area (Å²) in [6.45, 7) is 4.43. The first-order chi connectivity index (χ1) is 11.8. The Hall–Kier alpha value is -1.99. The molecule has 128 valence electrons. The molecule has 1 aromatic heterocycles. The number of rotatable bonds is 5. The largest absolute Gasteiger partial charge is 0.485 e. The van der Waals surface area contributed by atoms with Gasteiger partial charge < -0.3 is 9.47 Å². The Morgan fingerprint density at radius 1 is 1.21 bits per heavy atom. The molecule has 7 nitrogen and oxygen atoms in total. The van der Waals surface area contributed by atoms with E-state index >= 15 is 0 Å². The van der Waals surface area contributed by atoms with Crippen LogP contribution >= 0.6 is 0 Å². The molecule has 1 atom stereocenters. The van der Waals surface area contributed by atoms with E-state index in [2.05, 4.69) is 37.7 Å². The second-order valence-electron chi connectivity index (χ2n) is 6.71. The summed E-state index contributed by atoms with van der Waals surface area (Å²) in [7, 11) is 0. The topological polar surface area (TPSA) is 76.2 Å². The molecule has 24 heavy (non-hydrogen) atoms. The number of likely N-dealkylation sites (tertiary alicyclic amines) is 1. The highest BCUT2D eigenvalue weighted by atomic mass is 16.5. The third kappa shape index (κ3) is 3.57. The number of aromatic nitrogens is 4. The van der Waals surface area contributed by atoms with Crippen molar-refractivity contribution in [1.82, 2.24) is 25.5 Å². The molecular weight excluding hydrogens is 306 g/mol. The van der Waals surface area contributed by atoms with Crippen molar-refractivity contribution in [1.29, 1.82) is 0 Å². The van der Waals surface area contributed by atoms with Crippen molar-refractivity contribution >= 4 is 0 Å². The van der Waals surface area contributed by atoms with Crippen LogP contribution in [0.15, 0.2) is 24.3 Å². The molecule has 3 heterocycles. The maximum atomic E-state index is 6.05. The van der Waals surface area contributed by atoms with Gasteiger partial charge in [0.2, 0.25) is 5.82 Å². The van der Waals surface area contributed by atoms with Crippen LogP contribution in [0.4, 0.5) is 0 Å². The maximum absolute atomic E-state index is 6.05. The fourth-order valence-corrected chi connectivity index (χ4v) is 3.74. The number of hydrogen-bond donors (Lipinski definition) is 1. The molecule has 1 unspecified atom stereocenters. The summed E-state index contributed by atoms with van der Waals surface area (Å²) in [5, 5.41) is 13.7. The molecule has 7 heteroatoms. The predicted molar refractivity (Wildman–Crippen MR) is 87.4 cm³/mol. The number of hydrogen-bond acceptors (Lipinski definition) is 6. The predicted octanol–water partition coefficient (Wildman–Crippen LogP) is 1.92. The second-order valence-corrected chi connectivity index (χ2v) is 6.71. The van der Waals surface area contributed by atoms with Crippen molar-refractivity contribution in [3.63, 3.8) is 0 Å². The first-order valence-electron chi connectivity index (χ1n) is 8.62. The van der Waals surface area contributed by atoms with E-state index in [0.717, 1.165) is 32.0 Å². The molecular formula is C17H23N5O2. The van der Waals surface area contributed by atoms with Gasteiger partial charge in [0.1, 0.15) is 5.75 Å². The lowest BCUT2D eigenvalue weighted by Gasteiger charge is -2.39. The number of aromatic amines is 1. The zero-order chi connectivity index (χ0) is 16.2. The van der Waals surface area contributed by atoms with Crippen LogP contribution in [-0.4, -0.2) is 50.8 Å². The molecule has 2 aliphatic heterocycles. The van der Waals surface area contributed by atoms with Gasteiger partial charge in [-0.2, -0.15) is 5.21 Å². The van der Waals surface area contributed by atoms with Crippen molar-refractivity contribution in [2.45, 2.75) is 44.4 Å². The molecule has 0 bridgehead atoms. The van der Waals surface area contributed by atoms with Crippen molar-refractivity contribution in [3.05, 3.63) is 35.7 Å². The van der Waals surface area contributed by atoms with E-state index in [0.29, 0.717) is 12.4 Å². The first kappa shape index (κ1) is 15.5. The summed E-state index contributed by atoms with van der Waals surface area (Å²) in [6, 6.07) is 8.26. The molecule has 1 N–H and O–H groups in total. The number of H-pyrrole nitrogens is 1. The van der Waals surface area contributed by atoms with Crippen molar-refractivity contribution in [2.75, 3.05) is 19.7 Å². The smallest absolute Gasteiger partial charge is 0.211 e. The van der Waals surface area contributed by atoms with Crippen LogP contribution in [-0.2, 0) is 17.9 Å². The molecule has 1 aromatic carbocycles. The van der Waals surface area contributed by atoms with E-state index in [1.165, 1.54) is 31.2 Å². The zero-order valence-corrected chi connectivity index (χ0v) is 13.8. The van der Waals surface area contributed by atoms with E-state index in [9.17, 15) is 0 Å². The lowest BCUT2D eigenvalue weighted by molar-refractivity contribution is -0.0532. The van der Waals surface area contributed by atoms with E-state index in [1.807, 2.05) is 12.1 Å². The Labute approximate surface area is 141 Å². The minimum absolute atomic E-state index is 0.131. The van der Waals surface area contributed by atoms with Crippen LogP contribution in [0.2, 0.25) is 0 Å². The average Bonchev–Trinajstić information content (AvgIpc) is 3.27. The summed E-state index contributed by atoms with van der Waals surface area (Å²) in [4.78, 5) is 2.52. The number of nitrogens with zero attached hydrogens (tertiary/aromatic N) is 4. The Bertz CT molecular complexity index is 638. The van der Waals surface area contributed by atoms with Crippen LogP contribution < -0.4 is 4.74 Å². The molecule has 0 radical (unpaired) electrons. The summed E-state index contributed by atoms with van der Waals surface area (Å²) in [6.07, 6.45) is 4.87. The molecule has 2 saturated heterocycles. The normalized spacial score (nSPS) is 24.5. The number of piperidine rings is 1. The molecule has 2 aromatic rings. The standard InChI is InChI=1S/C17H23N5O2/c1-7-17(8-2-10-24-17)13-22(9-1)11-14-3-5-15(6-4-14)23-12-16-18-20-21-19-16/h3-6H,1-2,7-13H2,(H,18,19,20,21). The molecule has 2 aliphatic rings. The zero-order valence-electron chi connectivity index (χ0n) is 13.8. The van der Waals surface area contributed by atoms with E-state index in [1.54, 1.807) is 0 Å². The van der Waals surface area contributed by atoms with Crippen molar-refractivity contribution < 1.29 is 9.47 Å². The first-order valence-corrected chi connectivity index (χ1v) is 8.62. The Morgan fingerprint density at radius 2 is 2.08 bits per heavy atom. The SMILES string of the molecule is c1cc(OCc2nn[nH]n2)ccc1CN1CCCC2(CCCO2)C1. The minimum Gasteiger partial charge on any atom is -0.485 e. The van der Waals surface area contributed by atoms with Gasteiger partial charge >= 0.3 is 0 Å². The number of nitrogens with one attached hydrogen (secondary N) is 1. The highest BCUT2D eigenvalue weighted by molar-refractivity contribution is 5.27. The van der Waals surface area contributed by atoms with E-state index in [-0.39, 0.29) is 5.60 Å². The Balaban J connectivity index is 1.31. The average molecular weight is 329 g/mol. The number of tetrazole rings is 1. The van der Waals surface area contributed by atoms with Crippen molar-refractivity contribution in [3.8, 4) is 5.75 Å². The van der Waals surface area contributed by atoms with Crippen molar-refractivity contribution in [2.24, 2.45) is 0 Å². The van der Waals surface area contributed by atoms with Crippen LogP contribution in [0.25, 0.3) is 0 Å². The number of ether oxygens (including phenoxy) is 2. The van der Waals surface area contributed by atoms with E-state index < -0.39 is 0 Å². The van der Waals surface area contributed by atoms with Gasteiger partial charge in [0, 0.05) is 19.7 Å². The van der Waals surface area contributed by atoms with Gasteiger partial charge in [-0.15, -0.1) is 10.2 Å². The van der Waals surface area contributed by atoms with Gasteiger partial charge in [-0.05, 0) is 49.9 Å². The summed E-state index contributed by atoms with van der Waals surface area (Å²) in [5.41, 5.74) is 1.43. The van der Waals surface area contributed by atoms with Gasteiger partial charge in [-0.25, -0.2) is 0 Å². The second kappa shape index (κ2) is 6.86. The summed E-state index contributed by atoms with van der Waals surface area (Å²) >= 11 is 0. The lowest BCUT2D eigenvalue weighted by Crippen LogP contribution is -2.47. The maximum Gasteiger partial charge on any atom is 0.211 e. The highest BCUT2D eigenvalue weighted by Crippen LogP contribution is 2.34. The monoisotopic (exact) mass is 329 g/mol. The van der Waals surface area contributed by atoms with Gasteiger partial charge in [0.15, 0.2) is 6.61 Å². The summed E-state index contributed by atoms with van der Waals surface area (Å²) < 4.78 is 11.7. The molecule has 1 spiro atoms. The number of benzene rings is 1. The van der Waals surface area contributed by atoms with Crippen LogP contribution in [0, 0.1) is 0 Å². The van der Waals surface area contributed by atoms with E-state index in [4.69, 9.17) is 9.47 Å².